The molecule has 2 rings (SSSR count). The van der Waals surface area contributed by atoms with Gasteiger partial charge >= 0.3 is 0 Å². The average molecular weight is 274 g/mol. The smallest absolute Gasteiger partial charge is 0.0406 e. The highest BCUT2D eigenvalue weighted by molar-refractivity contribution is 6.30. The molecule has 0 radical (unpaired) electrons. The summed E-state index contributed by atoms with van der Waals surface area (Å²) >= 11 is 5.89. The predicted molar refractivity (Wildman–Crippen MR) is 82.6 cm³/mol. The van der Waals surface area contributed by atoms with Gasteiger partial charge < -0.3 is 5.32 Å². The van der Waals surface area contributed by atoms with Crippen molar-refractivity contribution in [2.45, 2.75) is 25.8 Å². The average Bonchev–Trinajstić information content (AvgIpc) is 2.45. The van der Waals surface area contributed by atoms with Crippen molar-refractivity contribution in [2.24, 2.45) is 0 Å². The largest absolute Gasteiger partial charge is 0.310 e. The van der Waals surface area contributed by atoms with Gasteiger partial charge in [-0.3, -0.25) is 0 Å². The fraction of sp³-hybridized carbons (Fsp3) is 0.294. The minimum Gasteiger partial charge on any atom is -0.310 e. The van der Waals surface area contributed by atoms with Crippen molar-refractivity contribution in [3.63, 3.8) is 0 Å². The highest BCUT2D eigenvalue weighted by Gasteiger charge is 2.03. The van der Waals surface area contributed by atoms with Gasteiger partial charge in [0.1, 0.15) is 0 Å². The maximum absolute atomic E-state index is 5.89. The van der Waals surface area contributed by atoms with Crippen molar-refractivity contribution < 1.29 is 0 Å². The van der Waals surface area contributed by atoms with Crippen LogP contribution in [0.25, 0.3) is 0 Å². The Bertz CT molecular complexity index is 478. The minimum absolute atomic E-state index is 0.369. The van der Waals surface area contributed by atoms with E-state index in [0.29, 0.717) is 6.04 Å². The van der Waals surface area contributed by atoms with Crippen LogP contribution in [0, 0.1) is 0 Å². The summed E-state index contributed by atoms with van der Waals surface area (Å²) in [6.07, 6.45) is 2.28. The molecule has 0 aliphatic carbocycles. The predicted octanol–water partition coefficient (Wildman–Crippen LogP) is 4.62. The first-order valence-electron chi connectivity index (χ1n) is 6.78. The Balaban J connectivity index is 1.72. The molecule has 1 unspecified atom stereocenters. The fourth-order valence-corrected chi connectivity index (χ4v) is 2.25. The topological polar surface area (TPSA) is 12.0 Å². The molecule has 2 heteroatoms. The van der Waals surface area contributed by atoms with Gasteiger partial charge in [-0.15, -0.1) is 0 Å². The molecule has 19 heavy (non-hydrogen) atoms. The molecule has 0 amide bonds. The first kappa shape index (κ1) is 14.1. The van der Waals surface area contributed by atoms with E-state index in [1.807, 2.05) is 12.1 Å². The van der Waals surface area contributed by atoms with E-state index in [1.54, 1.807) is 0 Å². The number of halogens is 1. The van der Waals surface area contributed by atoms with E-state index in [9.17, 15) is 0 Å². The lowest BCUT2D eigenvalue weighted by Crippen LogP contribution is -2.20. The van der Waals surface area contributed by atoms with Gasteiger partial charge in [-0.05, 0) is 49.6 Å². The first-order chi connectivity index (χ1) is 9.25. The molecule has 0 saturated heterocycles. The Morgan fingerprint density at radius 1 is 1.00 bits per heavy atom. The molecule has 0 fully saturated rings. The molecule has 2 aromatic rings. The van der Waals surface area contributed by atoms with Crippen molar-refractivity contribution >= 4 is 11.6 Å². The van der Waals surface area contributed by atoms with Crippen LogP contribution in [0.2, 0.25) is 5.02 Å². The molecule has 100 valence electrons. The zero-order valence-electron chi connectivity index (χ0n) is 11.3. The Morgan fingerprint density at radius 3 is 2.37 bits per heavy atom. The van der Waals surface area contributed by atoms with Crippen molar-refractivity contribution in [2.75, 3.05) is 6.54 Å². The molecule has 1 nitrogen and oxygen atoms in total. The number of nitrogens with one attached hydrogen (secondary N) is 1. The van der Waals surface area contributed by atoms with E-state index >= 15 is 0 Å². The Hall–Kier alpha value is -1.31. The van der Waals surface area contributed by atoms with Gasteiger partial charge in [0.2, 0.25) is 0 Å². The molecule has 0 aliphatic rings. The molecule has 0 aliphatic heterocycles. The Kier molecular flexibility index (Phi) is 5.44. The van der Waals surface area contributed by atoms with Crippen LogP contribution in [0.15, 0.2) is 54.6 Å². The lowest BCUT2D eigenvalue weighted by atomic mass is 10.1. The van der Waals surface area contributed by atoms with Crippen LogP contribution < -0.4 is 5.32 Å². The summed E-state index contributed by atoms with van der Waals surface area (Å²) in [7, 11) is 0. The number of hydrogen-bond donors (Lipinski definition) is 1. The van der Waals surface area contributed by atoms with E-state index in [4.69, 9.17) is 11.6 Å². The number of rotatable bonds is 6. The van der Waals surface area contributed by atoms with E-state index in [2.05, 4.69) is 54.7 Å². The van der Waals surface area contributed by atoms with E-state index in [1.165, 1.54) is 11.1 Å². The Morgan fingerprint density at radius 2 is 1.68 bits per heavy atom. The highest BCUT2D eigenvalue weighted by Crippen LogP contribution is 2.16. The molecule has 0 spiro atoms. The normalized spacial score (nSPS) is 12.3. The molecule has 1 N–H and O–H groups in total. The van der Waals surface area contributed by atoms with Crippen LogP contribution in [-0.2, 0) is 6.42 Å². The van der Waals surface area contributed by atoms with Crippen LogP contribution in [0.3, 0.4) is 0 Å². The first-order valence-corrected chi connectivity index (χ1v) is 7.16. The van der Waals surface area contributed by atoms with Gasteiger partial charge in [-0.1, -0.05) is 54.1 Å². The lowest BCUT2D eigenvalue weighted by molar-refractivity contribution is 0.558. The molecule has 0 aromatic heterocycles. The summed E-state index contributed by atoms with van der Waals surface area (Å²) in [4.78, 5) is 0. The van der Waals surface area contributed by atoms with Crippen molar-refractivity contribution in [1.29, 1.82) is 0 Å². The van der Waals surface area contributed by atoms with Crippen LogP contribution in [0.4, 0.5) is 0 Å². The van der Waals surface area contributed by atoms with Crippen molar-refractivity contribution in [1.82, 2.24) is 5.32 Å². The quantitative estimate of drug-likeness (QED) is 0.757. The van der Waals surface area contributed by atoms with Crippen LogP contribution in [-0.4, -0.2) is 6.54 Å². The molecule has 1 atom stereocenters. The van der Waals surface area contributed by atoms with Crippen molar-refractivity contribution in [3.05, 3.63) is 70.7 Å². The van der Waals surface area contributed by atoms with Gasteiger partial charge in [0.25, 0.3) is 0 Å². The van der Waals surface area contributed by atoms with Gasteiger partial charge in [0.05, 0.1) is 0 Å². The maximum Gasteiger partial charge on any atom is 0.0406 e. The molecule has 2 aromatic carbocycles. The SMILES string of the molecule is CC(NCCCc1ccccc1)c1ccc(Cl)cc1. The van der Waals surface area contributed by atoms with E-state index in [0.717, 1.165) is 24.4 Å². The van der Waals surface area contributed by atoms with Gasteiger partial charge in [0, 0.05) is 11.1 Å². The maximum atomic E-state index is 5.89. The molecule has 0 saturated carbocycles. The fourth-order valence-electron chi connectivity index (χ4n) is 2.13. The third-order valence-corrected chi connectivity index (χ3v) is 3.56. The van der Waals surface area contributed by atoms with Crippen LogP contribution >= 0.6 is 11.6 Å². The molecule has 0 heterocycles. The number of hydrogen-bond acceptors (Lipinski definition) is 1. The standard InChI is InChI=1S/C17H20ClN/c1-14(16-9-11-17(18)12-10-16)19-13-5-8-15-6-3-2-4-7-15/h2-4,6-7,9-12,14,19H,5,8,13H2,1H3. The number of aryl methyl sites for hydroxylation is 1. The minimum atomic E-state index is 0.369. The lowest BCUT2D eigenvalue weighted by Gasteiger charge is -2.14. The molecular weight excluding hydrogens is 254 g/mol. The second-order valence-corrected chi connectivity index (χ2v) is 5.25. The monoisotopic (exact) mass is 273 g/mol. The summed E-state index contributed by atoms with van der Waals surface area (Å²) in [6, 6.07) is 19.0. The molecular formula is C17H20ClN. The zero-order chi connectivity index (χ0) is 13.5. The van der Waals surface area contributed by atoms with Crippen molar-refractivity contribution in [3.8, 4) is 0 Å². The van der Waals surface area contributed by atoms with Crippen LogP contribution in [0.1, 0.15) is 30.5 Å². The second-order valence-electron chi connectivity index (χ2n) is 4.82. The van der Waals surface area contributed by atoms with Crippen LogP contribution in [0.5, 0.6) is 0 Å². The summed E-state index contributed by atoms with van der Waals surface area (Å²) in [5, 5.41) is 4.34. The highest BCUT2D eigenvalue weighted by atomic mass is 35.5. The van der Waals surface area contributed by atoms with Gasteiger partial charge in [0.15, 0.2) is 0 Å². The third kappa shape index (κ3) is 4.70. The van der Waals surface area contributed by atoms with E-state index in [-0.39, 0.29) is 0 Å². The van der Waals surface area contributed by atoms with Gasteiger partial charge in [-0.2, -0.15) is 0 Å². The summed E-state index contributed by atoms with van der Waals surface area (Å²) in [5.41, 5.74) is 2.69. The zero-order valence-corrected chi connectivity index (χ0v) is 12.0. The molecule has 0 bridgehead atoms. The van der Waals surface area contributed by atoms with Gasteiger partial charge in [-0.25, -0.2) is 0 Å². The summed E-state index contributed by atoms with van der Waals surface area (Å²) < 4.78 is 0. The summed E-state index contributed by atoms with van der Waals surface area (Å²) in [5.74, 6) is 0. The Labute approximate surface area is 120 Å². The van der Waals surface area contributed by atoms with E-state index < -0.39 is 0 Å². The summed E-state index contributed by atoms with van der Waals surface area (Å²) in [6.45, 7) is 3.21. The second kappa shape index (κ2) is 7.32. The number of benzene rings is 2. The third-order valence-electron chi connectivity index (χ3n) is 3.31.